The molecule has 3 rings (SSSR count). The minimum Gasteiger partial charge on any atom is -0.324 e. The van der Waals surface area contributed by atoms with E-state index >= 15 is 0 Å². The molecule has 0 bridgehead atoms. The molecule has 1 aliphatic rings. The number of benzene rings is 1. The van der Waals surface area contributed by atoms with Crippen LogP contribution in [0.1, 0.15) is 18.9 Å². The molecule has 7 heteroatoms. The van der Waals surface area contributed by atoms with Crippen molar-refractivity contribution in [1.82, 2.24) is 14.8 Å². The van der Waals surface area contributed by atoms with Gasteiger partial charge in [0, 0.05) is 10.5 Å². The van der Waals surface area contributed by atoms with Crippen LogP contribution in [0.3, 0.4) is 0 Å². The summed E-state index contributed by atoms with van der Waals surface area (Å²) in [6.07, 6.45) is 4.09. The zero-order chi connectivity index (χ0) is 13.9. The molecular weight excluding hydrogens is 340 g/mol. The van der Waals surface area contributed by atoms with Gasteiger partial charge in [0.1, 0.15) is 6.33 Å². The molecule has 0 unspecified atom stereocenters. The lowest BCUT2D eigenvalue weighted by atomic mass is 10.3. The number of rotatable bonds is 5. The summed E-state index contributed by atoms with van der Waals surface area (Å²) in [5.74, 6) is 0.277. The van der Waals surface area contributed by atoms with Gasteiger partial charge in [0.2, 0.25) is 5.91 Å². The van der Waals surface area contributed by atoms with Gasteiger partial charge in [0.25, 0.3) is 0 Å². The van der Waals surface area contributed by atoms with Gasteiger partial charge in [-0.1, -0.05) is 23.9 Å². The van der Waals surface area contributed by atoms with E-state index < -0.39 is 0 Å². The second-order valence-electron chi connectivity index (χ2n) is 4.57. The topological polar surface area (TPSA) is 59.8 Å². The van der Waals surface area contributed by atoms with Gasteiger partial charge < -0.3 is 9.88 Å². The third-order valence-electron chi connectivity index (χ3n) is 2.96. The van der Waals surface area contributed by atoms with Crippen LogP contribution in [-0.4, -0.2) is 26.4 Å². The van der Waals surface area contributed by atoms with Crippen LogP contribution in [0.2, 0.25) is 0 Å². The lowest BCUT2D eigenvalue weighted by Gasteiger charge is -2.07. The van der Waals surface area contributed by atoms with Gasteiger partial charge in [0.15, 0.2) is 5.16 Å². The second kappa shape index (κ2) is 5.97. The van der Waals surface area contributed by atoms with Crippen LogP contribution in [0.5, 0.6) is 0 Å². The Bertz CT molecular complexity index is 626. The number of aromatic nitrogens is 3. The summed E-state index contributed by atoms with van der Waals surface area (Å²) in [5, 5.41) is 11.7. The van der Waals surface area contributed by atoms with Crippen LogP contribution in [0.25, 0.3) is 0 Å². The van der Waals surface area contributed by atoms with E-state index in [1.54, 1.807) is 6.33 Å². The summed E-state index contributed by atoms with van der Waals surface area (Å²) in [4.78, 5) is 11.9. The van der Waals surface area contributed by atoms with Gasteiger partial charge in [-0.15, -0.1) is 10.2 Å². The van der Waals surface area contributed by atoms with Crippen LogP contribution < -0.4 is 5.32 Å². The zero-order valence-electron chi connectivity index (χ0n) is 10.6. The standard InChI is InChI=1S/C13H13BrN4OS/c14-10-3-1-2-4-11(10)16-12(19)7-20-13-17-15-8-18(13)9-5-6-9/h1-4,8-9H,5-7H2,(H,16,19). The average molecular weight is 353 g/mol. The van der Waals surface area contributed by atoms with Crippen LogP contribution in [0.15, 0.2) is 40.2 Å². The molecule has 0 spiro atoms. The van der Waals surface area contributed by atoms with E-state index in [-0.39, 0.29) is 5.91 Å². The molecule has 0 radical (unpaired) electrons. The van der Waals surface area contributed by atoms with E-state index in [9.17, 15) is 4.79 Å². The molecule has 1 heterocycles. The first kappa shape index (κ1) is 13.6. The smallest absolute Gasteiger partial charge is 0.234 e. The molecule has 1 aromatic carbocycles. The quantitative estimate of drug-likeness (QED) is 0.840. The summed E-state index contributed by atoms with van der Waals surface area (Å²) >= 11 is 4.82. The molecular formula is C13H13BrN4OS. The van der Waals surface area contributed by atoms with Crippen molar-refractivity contribution in [1.29, 1.82) is 0 Å². The summed E-state index contributed by atoms with van der Waals surface area (Å²) < 4.78 is 2.93. The lowest BCUT2D eigenvalue weighted by Crippen LogP contribution is -2.14. The third kappa shape index (κ3) is 3.21. The van der Waals surface area contributed by atoms with Gasteiger partial charge in [-0.3, -0.25) is 4.79 Å². The maximum Gasteiger partial charge on any atom is 0.234 e. The van der Waals surface area contributed by atoms with Gasteiger partial charge in [-0.25, -0.2) is 0 Å². The maximum atomic E-state index is 11.9. The summed E-state index contributed by atoms with van der Waals surface area (Å²) in [6.45, 7) is 0. The molecule has 0 atom stereocenters. The van der Waals surface area contributed by atoms with Crippen molar-refractivity contribution < 1.29 is 4.79 Å². The monoisotopic (exact) mass is 352 g/mol. The van der Waals surface area contributed by atoms with E-state index in [0.717, 1.165) is 15.3 Å². The number of hydrogen-bond acceptors (Lipinski definition) is 4. The number of anilines is 1. The number of carbonyl (C=O) groups is 1. The minimum atomic E-state index is -0.0488. The van der Waals surface area contributed by atoms with Crippen LogP contribution >= 0.6 is 27.7 Å². The maximum absolute atomic E-state index is 11.9. The van der Waals surface area contributed by atoms with E-state index in [0.29, 0.717) is 11.8 Å². The Morgan fingerprint density at radius 3 is 3.00 bits per heavy atom. The van der Waals surface area contributed by atoms with Gasteiger partial charge in [0.05, 0.1) is 11.4 Å². The van der Waals surface area contributed by atoms with Gasteiger partial charge >= 0.3 is 0 Å². The number of thioether (sulfide) groups is 1. The Kier molecular flexibility index (Phi) is 4.07. The number of hydrogen-bond donors (Lipinski definition) is 1. The Hall–Kier alpha value is -1.34. The van der Waals surface area contributed by atoms with Crippen LogP contribution in [0.4, 0.5) is 5.69 Å². The minimum absolute atomic E-state index is 0.0488. The number of amides is 1. The van der Waals surface area contributed by atoms with Gasteiger partial charge in [-0.05, 0) is 40.9 Å². The Morgan fingerprint density at radius 2 is 2.25 bits per heavy atom. The van der Waals surface area contributed by atoms with E-state index in [2.05, 4.69) is 36.0 Å². The van der Waals surface area contributed by atoms with Gasteiger partial charge in [-0.2, -0.15) is 0 Å². The van der Waals surface area contributed by atoms with Crippen LogP contribution in [-0.2, 0) is 4.79 Å². The van der Waals surface area contributed by atoms with Crippen molar-refractivity contribution in [2.24, 2.45) is 0 Å². The molecule has 0 saturated heterocycles. The van der Waals surface area contributed by atoms with Crippen molar-refractivity contribution in [2.75, 3.05) is 11.1 Å². The third-order valence-corrected chi connectivity index (χ3v) is 4.61. The molecule has 1 N–H and O–H groups in total. The second-order valence-corrected chi connectivity index (χ2v) is 6.37. The van der Waals surface area contributed by atoms with Crippen molar-refractivity contribution in [3.05, 3.63) is 35.1 Å². The number of carbonyl (C=O) groups excluding carboxylic acids is 1. The molecule has 5 nitrogen and oxygen atoms in total. The first-order valence-corrected chi connectivity index (χ1v) is 8.08. The first-order valence-electron chi connectivity index (χ1n) is 6.31. The van der Waals surface area contributed by atoms with E-state index in [1.165, 1.54) is 24.6 Å². The number of nitrogens with zero attached hydrogens (tertiary/aromatic N) is 3. The normalized spacial score (nSPS) is 14.2. The van der Waals surface area contributed by atoms with E-state index in [4.69, 9.17) is 0 Å². The fourth-order valence-corrected chi connectivity index (χ4v) is 2.98. The largest absolute Gasteiger partial charge is 0.324 e. The predicted molar refractivity (Wildman–Crippen MR) is 81.8 cm³/mol. The SMILES string of the molecule is O=C(CSc1nncn1C1CC1)Nc1ccccc1Br. The molecule has 1 amide bonds. The molecule has 20 heavy (non-hydrogen) atoms. The fourth-order valence-electron chi connectivity index (χ4n) is 1.82. The highest BCUT2D eigenvalue weighted by molar-refractivity contribution is 9.10. The van der Waals surface area contributed by atoms with Crippen molar-refractivity contribution in [2.45, 2.75) is 24.0 Å². The molecule has 104 valence electrons. The fraction of sp³-hybridized carbons (Fsp3) is 0.308. The average Bonchev–Trinajstić information content (AvgIpc) is 3.18. The predicted octanol–water partition coefficient (Wildman–Crippen LogP) is 3.11. The molecule has 1 aliphatic carbocycles. The number of halogens is 1. The van der Waals surface area contributed by atoms with Crippen LogP contribution in [0, 0.1) is 0 Å². The lowest BCUT2D eigenvalue weighted by molar-refractivity contribution is -0.113. The molecule has 1 fully saturated rings. The highest BCUT2D eigenvalue weighted by Crippen LogP contribution is 2.37. The summed E-state index contributed by atoms with van der Waals surface area (Å²) in [5.41, 5.74) is 0.779. The van der Waals surface area contributed by atoms with Crippen molar-refractivity contribution >= 4 is 39.3 Å². The Balaban J connectivity index is 1.57. The molecule has 1 saturated carbocycles. The highest BCUT2D eigenvalue weighted by Gasteiger charge is 2.26. The first-order chi connectivity index (χ1) is 9.74. The highest BCUT2D eigenvalue weighted by atomic mass is 79.9. The van der Waals surface area contributed by atoms with E-state index in [1.807, 2.05) is 24.3 Å². The van der Waals surface area contributed by atoms with Crippen molar-refractivity contribution in [3.63, 3.8) is 0 Å². The Labute approximate surface area is 129 Å². The summed E-state index contributed by atoms with van der Waals surface area (Å²) in [6, 6.07) is 8.08. The molecule has 1 aromatic heterocycles. The number of para-hydroxylation sites is 1. The zero-order valence-corrected chi connectivity index (χ0v) is 13.0. The van der Waals surface area contributed by atoms with Crippen molar-refractivity contribution in [3.8, 4) is 0 Å². The Morgan fingerprint density at radius 1 is 1.45 bits per heavy atom. The molecule has 2 aromatic rings. The number of nitrogens with one attached hydrogen (secondary N) is 1. The molecule has 0 aliphatic heterocycles. The summed E-state index contributed by atoms with van der Waals surface area (Å²) in [7, 11) is 0.